The Labute approximate surface area is 185 Å². The lowest BCUT2D eigenvalue weighted by Gasteiger charge is -2.35. The second kappa shape index (κ2) is 7.80. The normalized spacial score (nSPS) is 15.2. The van der Waals surface area contributed by atoms with Gasteiger partial charge in [-0.2, -0.15) is 0 Å². The minimum absolute atomic E-state index is 0.891. The van der Waals surface area contributed by atoms with Crippen LogP contribution in [-0.4, -0.2) is 45.4 Å². The molecule has 0 spiro atoms. The highest BCUT2D eigenvalue weighted by molar-refractivity contribution is 7.23. The number of piperazine rings is 1. The van der Waals surface area contributed by atoms with Crippen LogP contribution in [0, 0.1) is 0 Å². The number of hydrogen-bond acceptors (Lipinski definition) is 5. The zero-order chi connectivity index (χ0) is 20.6. The van der Waals surface area contributed by atoms with Gasteiger partial charge in [-0.1, -0.05) is 59.9 Å². The van der Waals surface area contributed by atoms with Gasteiger partial charge in [0.15, 0.2) is 4.96 Å². The van der Waals surface area contributed by atoms with Crippen molar-refractivity contribution >= 4 is 32.3 Å². The van der Waals surface area contributed by atoms with Crippen molar-refractivity contribution in [1.29, 1.82) is 0 Å². The van der Waals surface area contributed by atoms with Crippen LogP contribution in [0.15, 0.2) is 79.0 Å². The second-order valence-electron chi connectivity index (χ2n) is 7.91. The largest absolute Gasteiger partial charge is 0.354 e. The molecule has 1 fully saturated rings. The fourth-order valence-electron chi connectivity index (χ4n) is 4.44. The van der Waals surface area contributed by atoms with Gasteiger partial charge in [-0.3, -0.25) is 9.30 Å². The Bertz CT molecular complexity index is 1320. The first kappa shape index (κ1) is 18.5. The number of rotatable bonds is 4. The van der Waals surface area contributed by atoms with Crippen molar-refractivity contribution in [2.75, 3.05) is 31.1 Å². The molecule has 31 heavy (non-hydrogen) atoms. The Morgan fingerprint density at radius 3 is 2.39 bits per heavy atom. The van der Waals surface area contributed by atoms with Crippen molar-refractivity contribution in [2.24, 2.45) is 0 Å². The van der Waals surface area contributed by atoms with Gasteiger partial charge in [-0.25, -0.2) is 9.97 Å². The molecular formula is C25H23N5S. The molecule has 1 saturated heterocycles. The Balaban J connectivity index is 1.35. The topological polar surface area (TPSA) is 36.7 Å². The first-order chi connectivity index (χ1) is 15.4. The highest BCUT2D eigenvalue weighted by Crippen LogP contribution is 2.33. The summed E-state index contributed by atoms with van der Waals surface area (Å²) in [4.78, 5) is 15.6. The number of nitrogens with zero attached hydrogens (tertiary/aromatic N) is 5. The van der Waals surface area contributed by atoms with Crippen LogP contribution in [0.2, 0.25) is 0 Å². The smallest absolute Gasteiger partial charge is 0.195 e. The van der Waals surface area contributed by atoms with E-state index in [0.717, 1.165) is 49.2 Å². The van der Waals surface area contributed by atoms with Crippen molar-refractivity contribution in [3.8, 4) is 11.3 Å². The Morgan fingerprint density at radius 1 is 0.806 bits per heavy atom. The van der Waals surface area contributed by atoms with Gasteiger partial charge in [-0.05, 0) is 24.3 Å². The number of imidazole rings is 1. The zero-order valence-electron chi connectivity index (χ0n) is 17.2. The van der Waals surface area contributed by atoms with Crippen LogP contribution in [-0.2, 0) is 6.54 Å². The van der Waals surface area contributed by atoms with Crippen LogP contribution in [0.5, 0.6) is 0 Å². The van der Waals surface area contributed by atoms with Crippen molar-refractivity contribution < 1.29 is 0 Å². The van der Waals surface area contributed by atoms with Gasteiger partial charge < -0.3 is 4.90 Å². The SMILES string of the molecule is c1ccc(-c2nc3sc4ccccc4n3c2CN2CCN(c3ccccn3)CC2)cc1. The number of fused-ring (bicyclic) bond motifs is 3. The summed E-state index contributed by atoms with van der Waals surface area (Å²) in [5.41, 5.74) is 4.82. The van der Waals surface area contributed by atoms with Gasteiger partial charge in [0.1, 0.15) is 5.82 Å². The van der Waals surface area contributed by atoms with Gasteiger partial charge in [-0.15, -0.1) is 0 Å². The molecule has 0 bridgehead atoms. The molecule has 0 saturated carbocycles. The van der Waals surface area contributed by atoms with E-state index >= 15 is 0 Å². The van der Waals surface area contributed by atoms with Crippen molar-refractivity contribution in [1.82, 2.24) is 19.3 Å². The third-order valence-corrected chi connectivity index (χ3v) is 7.04. The highest BCUT2D eigenvalue weighted by Gasteiger charge is 2.23. The summed E-state index contributed by atoms with van der Waals surface area (Å²) in [7, 11) is 0. The van der Waals surface area contributed by atoms with Gasteiger partial charge in [0, 0.05) is 44.5 Å². The lowest BCUT2D eigenvalue weighted by molar-refractivity contribution is 0.246. The monoisotopic (exact) mass is 425 g/mol. The molecule has 5 aromatic rings. The van der Waals surface area contributed by atoms with E-state index in [1.165, 1.54) is 21.5 Å². The van der Waals surface area contributed by atoms with E-state index < -0.39 is 0 Å². The van der Waals surface area contributed by atoms with Crippen LogP contribution >= 0.6 is 11.3 Å². The highest BCUT2D eigenvalue weighted by atomic mass is 32.1. The summed E-state index contributed by atoms with van der Waals surface area (Å²) in [6, 6.07) is 25.3. The summed E-state index contributed by atoms with van der Waals surface area (Å²) in [6.45, 7) is 4.90. The summed E-state index contributed by atoms with van der Waals surface area (Å²) in [6.07, 6.45) is 1.87. The van der Waals surface area contributed by atoms with E-state index in [0.29, 0.717) is 0 Å². The molecule has 154 valence electrons. The molecule has 6 heteroatoms. The summed E-state index contributed by atoms with van der Waals surface area (Å²) < 4.78 is 3.65. The van der Waals surface area contributed by atoms with E-state index in [2.05, 4.69) is 85.9 Å². The molecule has 4 heterocycles. The second-order valence-corrected chi connectivity index (χ2v) is 8.92. The quantitative estimate of drug-likeness (QED) is 0.409. The van der Waals surface area contributed by atoms with E-state index in [-0.39, 0.29) is 0 Å². The summed E-state index contributed by atoms with van der Waals surface area (Å²) >= 11 is 1.77. The predicted octanol–water partition coefficient (Wildman–Crippen LogP) is 4.93. The van der Waals surface area contributed by atoms with Crippen molar-refractivity contribution in [3.63, 3.8) is 0 Å². The first-order valence-corrected chi connectivity index (χ1v) is 11.5. The third kappa shape index (κ3) is 3.38. The van der Waals surface area contributed by atoms with Crippen LogP contribution in [0.25, 0.3) is 26.4 Å². The molecule has 6 rings (SSSR count). The maximum Gasteiger partial charge on any atom is 0.195 e. The van der Waals surface area contributed by atoms with Gasteiger partial charge in [0.05, 0.1) is 21.6 Å². The third-order valence-electron chi connectivity index (χ3n) is 6.02. The molecule has 1 aliphatic heterocycles. The molecule has 1 aliphatic rings. The molecule has 2 aromatic carbocycles. The Morgan fingerprint density at radius 2 is 1.58 bits per heavy atom. The molecule has 5 nitrogen and oxygen atoms in total. The average Bonchev–Trinajstić information content (AvgIpc) is 3.37. The molecule has 3 aromatic heterocycles. The minimum atomic E-state index is 0.891. The van der Waals surface area contributed by atoms with Crippen LogP contribution in [0.3, 0.4) is 0 Å². The molecule has 0 amide bonds. The Kier molecular flexibility index (Phi) is 4.66. The maximum atomic E-state index is 5.08. The first-order valence-electron chi connectivity index (χ1n) is 10.7. The molecule has 0 radical (unpaired) electrons. The molecule has 0 unspecified atom stereocenters. The fourth-order valence-corrected chi connectivity index (χ4v) is 5.48. The lowest BCUT2D eigenvalue weighted by Crippen LogP contribution is -2.46. The van der Waals surface area contributed by atoms with E-state index in [4.69, 9.17) is 4.98 Å². The van der Waals surface area contributed by atoms with E-state index in [1.807, 2.05) is 12.3 Å². The zero-order valence-corrected chi connectivity index (χ0v) is 18.0. The van der Waals surface area contributed by atoms with Gasteiger partial charge in [0.25, 0.3) is 0 Å². The van der Waals surface area contributed by atoms with Gasteiger partial charge >= 0.3 is 0 Å². The molecule has 0 atom stereocenters. The number of anilines is 1. The van der Waals surface area contributed by atoms with Crippen LogP contribution < -0.4 is 4.90 Å². The van der Waals surface area contributed by atoms with Gasteiger partial charge in [0.2, 0.25) is 0 Å². The average molecular weight is 426 g/mol. The number of hydrogen-bond donors (Lipinski definition) is 0. The summed E-state index contributed by atoms with van der Waals surface area (Å²) in [5.74, 6) is 1.07. The molecule has 0 aliphatic carbocycles. The molecular weight excluding hydrogens is 402 g/mol. The fraction of sp³-hybridized carbons (Fsp3) is 0.200. The van der Waals surface area contributed by atoms with Crippen LogP contribution in [0.1, 0.15) is 5.69 Å². The summed E-state index contributed by atoms with van der Waals surface area (Å²) in [5, 5.41) is 0. The Hall–Kier alpha value is -3.22. The van der Waals surface area contributed by atoms with Crippen molar-refractivity contribution in [3.05, 3.63) is 84.7 Å². The minimum Gasteiger partial charge on any atom is -0.354 e. The number of aromatic nitrogens is 3. The maximum absolute atomic E-state index is 5.08. The van der Waals surface area contributed by atoms with Crippen LogP contribution in [0.4, 0.5) is 5.82 Å². The number of thiazole rings is 1. The number of pyridine rings is 1. The molecule has 0 N–H and O–H groups in total. The lowest BCUT2D eigenvalue weighted by atomic mass is 10.1. The van der Waals surface area contributed by atoms with Crippen molar-refractivity contribution in [2.45, 2.75) is 6.54 Å². The predicted molar refractivity (Wildman–Crippen MR) is 128 cm³/mol. The van der Waals surface area contributed by atoms with E-state index in [9.17, 15) is 0 Å². The number of benzene rings is 2. The number of para-hydroxylation sites is 1. The standard InChI is InChI=1S/C25H23N5S/c1-2-8-19(9-3-1)24-21(30-20-10-4-5-11-22(20)31-25(30)27-24)18-28-14-16-29(17-15-28)23-12-6-7-13-26-23/h1-13H,14-18H2. The van der Waals surface area contributed by atoms with E-state index in [1.54, 1.807) is 11.3 Å².